The Kier molecular flexibility index (Phi) is 6.53. The predicted octanol–water partition coefficient (Wildman–Crippen LogP) is 1.93. The third-order valence-corrected chi connectivity index (χ3v) is 3.13. The average molecular weight is 265 g/mol. The number of carbonyl (C=O) groups is 1. The van der Waals surface area contributed by atoms with E-state index in [9.17, 15) is 4.79 Å². The molecule has 4 heteroatoms. The fourth-order valence-electron chi connectivity index (χ4n) is 2.08. The number of benzene rings is 1. The van der Waals surface area contributed by atoms with E-state index in [2.05, 4.69) is 30.4 Å². The van der Waals surface area contributed by atoms with Crippen LogP contribution in [0.2, 0.25) is 0 Å². The molecule has 19 heavy (non-hydrogen) atoms. The van der Waals surface area contributed by atoms with Gasteiger partial charge in [-0.2, -0.15) is 0 Å². The Morgan fingerprint density at radius 1 is 1.42 bits per heavy atom. The van der Waals surface area contributed by atoms with Crippen LogP contribution < -0.4 is 5.32 Å². The first kappa shape index (κ1) is 15.7. The van der Waals surface area contributed by atoms with Gasteiger partial charge in [0, 0.05) is 19.7 Å². The van der Waals surface area contributed by atoms with Crippen LogP contribution in [0.5, 0.6) is 0 Å². The topological polar surface area (TPSA) is 58.6 Å². The van der Waals surface area contributed by atoms with Crippen LogP contribution in [0.15, 0.2) is 18.2 Å². The molecule has 0 saturated heterocycles. The molecule has 0 aliphatic heterocycles. The Morgan fingerprint density at radius 2 is 2.16 bits per heavy atom. The SMILES string of the molecule is COCCNC(CC(=O)O)Cc1cc(C)ccc1C. The molecule has 4 nitrogen and oxygen atoms in total. The second kappa shape index (κ2) is 7.92. The van der Waals surface area contributed by atoms with E-state index in [0.717, 1.165) is 6.42 Å². The minimum Gasteiger partial charge on any atom is -0.481 e. The normalized spacial score (nSPS) is 12.4. The van der Waals surface area contributed by atoms with Crippen molar-refractivity contribution in [2.24, 2.45) is 0 Å². The van der Waals surface area contributed by atoms with Crippen molar-refractivity contribution < 1.29 is 14.6 Å². The lowest BCUT2D eigenvalue weighted by Crippen LogP contribution is -2.35. The zero-order valence-electron chi connectivity index (χ0n) is 11.9. The predicted molar refractivity (Wildman–Crippen MR) is 75.5 cm³/mol. The van der Waals surface area contributed by atoms with E-state index in [0.29, 0.717) is 13.2 Å². The Balaban J connectivity index is 2.69. The summed E-state index contributed by atoms with van der Waals surface area (Å²) in [6.45, 7) is 5.36. The standard InChI is InChI=1S/C15H23NO3/c1-11-4-5-12(2)13(8-11)9-14(10-15(17)18)16-6-7-19-3/h4-5,8,14,16H,6-7,9-10H2,1-3H3,(H,17,18). The molecule has 1 unspecified atom stereocenters. The lowest BCUT2D eigenvalue weighted by atomic mass is 9.97. The van der Waals surface area contributed by atoms with Crippen LogP contribution in [0.1, 0.15) is 23.1 Å². The van der Waals surface area contributed by atoms with E-state index < -0.39 is 5.97 Å². The summed E-state index contributed by atoms with van der Waals surface area (Å²) in [5.41, 5.74) is 3.61. The number of aryl methyl sites for hydroxylation is 2. The second-order valence-electron chi connectivity index (χ2n) is 4.88. The van der Waals surface area contributed by atoms with Crippen LogP contribution in [0, 0.1) is 13.8 Å². The minimum absolute atomic E-state index is 0.0619. The largest absolute Gasteiger partial charge is 0.481 e. The fourth-order valence-corrected chi connectivity index (χ4v) is 2.08. The zero-order valence-corrected chi connectivity index (χ0v) is 11.9. The average Bonchev–Trinajstić information content (AvgIpc) is 2.33. The highest BCUT2D eigenvalue weighted by Crippen LogP contribution is 2.14. The maximum atomic E-state index is 10.9. The van der Waals surface area contributed by atoms with Crippen LogP contribution in [0.3, 0.4) is 0 Å². The highest BCUT2D eigenvalue weighted by atomic mass is 16.5. The number of nitrogens with one attached hydrogen (secondary N) is 1. The third-order valence-electron chi connectivity index (χ3n) is 3.13. The molecule has 0 fully saturated rings. The van der Waals surface area contributed by atoms with Crippen molar-refractivity contribution in [3.8, 4) is 0 Å². The molecule has 0 aliphatic rings. The van der Waals surface area contributed by atoms with Gasteiger partial charge in [0.25, 0.3) is 0 Å². The van der Waals surface area contributed by atoms with Gasteiger partial charge in [0.2, 0.25) is 0 Å². The molecule has 1 aromatic carbocycles. The first-order chi connectivity index (χ1) is 9.02. The van der Waals surface area contributed by atoms with Crippen molar-refractivity contribution in [1.82, 2.24) is 5.32 Å². The van der Waals surface area contributed by atoms with E-state index >= 15 is 0 Å². The molecular formula is C15H23NO3. The number of rotatable bonds is 8. The lowest BCUT2D eigenvalue weighted by molar-refractivity contribution is -0.137. The van der Waals surface area contributed by atoms with Crippen LogP contribution >= 0.6 is 0 Å². The number of carboxylic acid groups (broad SMARTS) is 1. The maximum Gasteiger partial charge on any atom is 0.304 e. The third kappa shape index (κ3) is 5.85. The van der Waals surface area contributed by atoms with Gasteiger partial charge in [-0.05, 0) is 31.4 Å². The summed E-state index contributed by atoms with van der Waals surface area (Å²) in [7, 11) is 1.64. The second-order valence-corrected chi connectivity index (χ2v) is 4.88. The molecule has 1 aromatic rings. The molecular weight excluding hydrogens is 242 g/mol. The molecule has 1 rings (SSSR count). The van der Waals surface area contributed by atoms with Crippen LogP contribution in [0.4, 0.5) is 0 Å². The Morgan fingerprint density at radius 3 is 2.79 bits per heavy atom. The summed E-state index contributed by atoms with van der Waals surface area (Å²) in [6.07, 6.45) is 0.848. The van der Waals surface area contributed by atoms with E-state index in [1.54, 1.807) is 7.11 Å². The Bertz CT molecular complexity index is 418. The maximum absolute atomic E-state index is 10.9. The van der Waals surface area contributed by atoms with Crippen molar-refractivity contribution in [2.45, 2.75) is 32.7 Å². The van der Waals surface area contributed by atoms with Crippen molar-refractivity contribution in [3.05, 3.63) is 34.9 Å². The van der Waals surface area contributed by atoms with Crippen molar-refractivity contribution in [1.29, 1.82) is 0 Å². The van der Waals surface area contributed by atoms with Gasteiger partial charge in [0.1, 0.15) is 0 Å². The van der Waals surface area contributed by atoms with Gasteiger partial charge in [-0.3, -0.25) is 4.79 Å². The summed E-state index contributed by atoms with van der Waals surface area (Å²) >= 11 is 0. The monoisotopic (exact) mass is 265 g/mol. The molecule has 0 amide bonds. The van der Waals surface area contributed by atoms with E-state index in [-0.39, 0.29) is 12.5 Å². The minimum atomic E-state index is -0.778. The van der Waals surface area contributed by atoms with Gasteiger partial charge in [0.05, 0.1) is 13.0 Å². The van der Waals surface area contributed by atoms with Gasteiger partial charge in [0.15, 0.2) is 0 Å². The van der Waals surface area contributed by atoms with Crippen LogP contribution in [-0.4, -0.2) is 37.4 Å². The molecule has 0 saturated carbocycles. The van der Waals surface area contributed by atoms with E-state index in [1.807, 2.05) is 6.92 Å². The van der Waals surface area contributed by atoms with Gasteiger partial charge >= 0.3 is 5.97 Å². The van der Waals surface area contributed by atoms with Gasteiger partial charge in [-0.25, -0.2) is 0 Å². The summed E-state index contributed by atoms with van der Waals surface area (Å²) in [5, 5.41) is 12.2. The molecule has 0 heterocycles. The van der Waals surface area contributed by atoms with Gasteiger partial charge in [-0.15, -0.1) is 0 Å². The molecule has 0 bridgehead atoms. The van der Waals surface area contributed by atoms with Crippen LogP contribution in [0.25, 0.3) is 0 Å². The lowest BCUT2D eigenvalue weighted by Gasteiger charge is -2.18. The fraction of sp³-hybridized carbons (Fsp3) is 0.533. The molecule has 0 aliphatic carbocycles. The summed E-state index contributed by atoms with van der Waals surface area (Å²) < 4.78 is 4.98. The van der Waals surface area contributed by atoms with E-state index in [4.69, 9.17) is 9.84 Å². The summed E-state index contributed by atoms with van der Waals surface area (Å²) in [6, 6.07) is 6.22. The van der Waals surface area contributed by atoms with Crippen molar-refractivity contribution in [2.75, 3.05) is 20.3 Å². The molecule has 0 spiro atoms. The number of aliphatic carboxylic acids is 1. The number of methoxy groups -OCH3 is 1. The quantitative estimate of drug-likeness (QED) is 0.705. The Hall–Kier alpha value is -1.39. The van der Waals surface area contributed by atoms with Crippen molar-refractivity contribution >= 4 is 5.97 Å². The summed E-state index contributed by atoms with van der Waals surface area (Å²) in [5.74, 6) is -0.778. The van der Waals surface area contributed by atoms with Crippen molar-refractivity contribution in [3.63, 3.8) is 0 Å². The molecule has 2 N–H and O–H groups in total. The first-order valence-electron chi connectivity index (χ1n) is 6.53. The molecule has 0 radical (unpaired) electrons. The van der Waals surface area contributed by atoms with Gasteiger partial charge < -0.3 is 15.2 Å². The number of hydrogen-bond donors (Lipinski definition) is 2. The first-order valence-corrected chi connectivity index (χ1v) is 6.53. The molecule has 1 atom stereocenters. The number of hydrogen-bond acceptors (Lipinski definition) is 3. The highest BCUT2D eigenvalue weighted by Gasteiger charge is 2.14. The number of ether oxygens (including phenoxy) is 1. The van der Waals surface area contributed by atoms with Gasteiger partial charge in [-0.1, -0.05) is 23.8 Å². The molecule has 106 valence electrons. The van der Waals surface area contributed by atoms with Crippen LogP contribution in [-0.2, 0) is 16.0 Å². The Labute approximate surface area is 114 Å². The zero-order chi connectivity index (χ0) is 14.3. The summed E-state index contributed by atoms with van der Waals surface area (Å²) in [4.78, 5) is 10.9. The van der Waals surface area contributed by atoms with E-state index in [1.165, 1.54) is 16.7 Å². The highest BCUT2D eigenvalue weighted by molar-refractivity contribution is 5.67. The number of carboxylic acids is 1. The molecule has 0 aromatic heterocycles. The smallest absolute Gasteiger partial charge is 0.304 e.